The lowest BCUT2D eigenvalue weighted by molar-refractivity contribution is 0.105. The number of piperazine rings is 1. The number of hydrogen-bond acceptors (Lipinski definition) is 7. The molecular weight excluding hydrogens is 396 g/mol. The first kappa shape index (κ1) is 20.6. The number of amides is 1. The Morgan fingerprint density at radius 3 is 2.52 bits per heavy atom. The Hall–Kier alpha value is -3.62. The quantitative estimate of drug-likeness (QED) is 0.625. The van der Waals surface area contributed by atoms with E-state index in [4.69, 9.17) is 14.5 Å². The molecule has 1 saturated heterocycles. The lowest BCUT2D eigenvalue weighted by Gasteiger charge is -2.34. The molecular formula is C22H26N6O3. The fraction of sp³-hybridized carbons (Fsp3) is 0.364. The van der Waals surface area contributed by atoms with Crippen LogP contribution < -0.4 is 9.64 Å². The summed E-state index contributed by atoms with van der Waals surface area (Å²) in [7, 11) is 1.65. The molecule has 9 nitrogen and oxygen atoms in total. The van der Waals surface area contributed by atoms with Crippen molar-refractivity contribution in [3.8, 4) is 22.7 Å². The van der Waals surface area contributed by atoms with E-state index in [-0.39, 0.29) is 6.09 Å². The average molecular weight is 422 g/mol. The predicted octanol–water partition coefficient (Wildman–Crippen LogP) is 2.92. The summed E-state index contributed by atoms with van der Waals surface area (Å²) in [5, 5.41) is 4.65. The number of benzene rings is 1. The minimum Gasteiger partial charge on any atom is -0.497 e. The van der Waals surface area contributed by atoms with Gasteiger partial charge in [-0.3, -0.25) is 0 Å². The second-order valence-corrected chi connectivity index (χ2v) is 7.19. The molecule has 2 aromatic heterocycles. The summed E-state index contributed by atoms with van der Waals surface area (Å²) in [6.07, 6.45) is 3.47. The van der Waals surface area contributed by atoms with Crippen LogP contribution >= 0.6 is 0 Å². The SMILES string of the molecule is CCOC(=O)N1CCN(c2nccc(-c3cn(-c4ccc(OC)cc4)nc3C)n2)CC1. The highest BCUT2D eigenvalue weighted by molar-refractivity contribution is 5.68. The number of nitrogens with zero attached hydrogens (tertiary/aromatic N) is 6. The minimum atomic E-state index is -0.265. The van der Waals surface area contributed by atoms with E-state index in [9.17, 15) is 4.79 Å². The van der Waals surface area contributed by atoms with Gasteiger partial charge in [-0.2, -0.15) is 5.10 Å². The molecule has 0 radical (unpaired) electrons. The zero-order chi connectivity index (χ0) is 21.8. The number of aromatic nitrogens is 4. The Morgan fingerprint density at radius 2 is 1.84 bits per heavy atom. The van der Waals surface area contributed by atoms with Gasteiger partial charge in [-0.15, -0.1) is 0 Å². The van der Waals surface area contributed by atoms with Gasteiger partial charge in [0.2, 0.25) is 5.95 Å². The molecule has 0 N–H and O–H groups in total. The summed E-state index contributed by atoms with van der Waals surface area (Å²) < 4.78 is 12.1. The topological polar surface area (TPSA) is 85.6 Å². The number of ether oxygens (including phenoxy) is 2. The molecule has 3 aromatic rings. The van der Waals surface area contributed by atoms with Crippen molar-refractivity contribution >= 4 is 12.0 Å². The molecule has 0 spiro atoms. The van der Waals surface area contributed by atoms with Crippen LogP contribution in [0.1, 0.15) is 12.6 Å². The molecule has 4 rings (SSSR count). The normalized spacial score (nSPS) is 13.9. The second-order valence-electron chi connectivity index (χ2n) is 7.19. The van der Waals surface area contributed by atoms with Gasteiger partial charge in [0.25, 0.3) is 0 Å². The molecule has 0 aliphatic carbocycles. The zero-order valence-corrected chi connectivity index (χ0v) is 18.0. The third-order valence-electron chi connectivity index (χ3n) is 5.24. The summed E-state index contributed by atoms with van der Waals surface area (Å²) in [6, 6.07) is 9.63. The number of aryl methyl sites for hydroxylation is 1. The van der Waals surface area contributed by atoms with Gasteiger partial charge in [-0.1, -0.05) is 0 Å². The molecule has 31 heavy (non-hydrogen) atoms. The minimum absolute atomic E-state index is 0.265. The van der Waals surface area contributed by atoms with Gasteiger partial charge in [0.15, 0.2) is 0 Å². The Bertz CT molecular complexity index is 1040. The summed E-state index contributed by atoms with van der Waals surface area (Å²) in [5.74, 6) is 1.45. The molecule has 0 unspecified atom stereocenters. The number of methoxy groups -OCH3 is 1. The van der Waals surface area contributed by atoms with Crippen LogP contribution in [-0.2, 0) is 4.74 Å². The van der Waals surface area contributed by atoms with E-state index in [0.29, 0.717) is 38.7 Å². The van der Waals surface area contributed by atoms with Gasteiger partial charge in [0.05, 0.1) is 30.8 Å². The largest absolute Gasteiger partial charge is 0.497 e. The van der Waals surface area contributed by atoms with Gasteiger partial charge in [-0.25, -0.2) is 19.4 Å². The third-order valence-corrected chi connectivity index (χ3v) is 5.24. The number of anilines is 1. The van der Waals surface area contributed by atoms with Crippen molar-refractivity contribution in [2.75, 3.05) is 44.8 Å². The molecule has 3 heterocycles. The third kappa shape index (κ3) is 4.45. The van der Waals surface area contributed by atoms with Crippen molar-refractivity contribution in [3.63, 3.8) is 0 Å². The van der Waals surface area contributed by atoms with E-state index in [1.54, 1.807) is 18.2 Å². The van der Waals surface area contributed by atoms with E-state index in [0.717, 1.165) is 28.4 Å². The molecule has 9 heteroatoms. The van der Waals surface area contributed by atoms with Crippen molar-refractivity contribution in [2.24, 2.45) is 0 Å². The molecule has 1 aliphatic heterocycles. The standard InChI is InChI=1S/C22H26N6O3/c1-4-31-22(29)27-13-11-26(12-14-27)21-23-10-9-20(24-21)19-15-28(25-16(19)2)17-5-7-18(30-3)8-6-17/h5-10,15H,4,11-14H2,1-3H3. The van der Waals surface area contributed by atoms with E-state index in [2.05, 4.69) is 15.0 Å². The van der Waals surface area contributed by atoms with Crippen LogP contribution in [0.5, 0.6) is 5.75 Å². The van der Waals surface area contributed by atoms with Crippen molar-refractivity contribution < 1.29 is 14.3 Å². The van der Waals surface area contributed by atoms with Crippen molar-refractivity contribution in [2.45, 2.75) is 13.8 Å². The van der Waals surface area contributed by atoms with E-state index in [1.165, 1.54) is 0 Å². The predicted molar refractivity (Wildman–Crippen MR) is 117 cm³/mol. The molecule has 1 fully saturated rings. The van der Waals surface area contributed by atoms with Crippen molar-refractivity contribution in [1.29, 1.82) is 0 Å². The van der Waals surface area contributed by atoms with Crippen LogP contribution in [0.3, 0.4) is 0 Å². The molecule has 0 saturated carbocycles. The Kier molecular flexibility index (Phi) is 6.01. The lowest BCUT2D eigenvalue weighted by Crippen LogP contribution is -2.49. The fourth-order valence-corrected chi connectivity index (χ4v) is 3.53. The number of carbonyl (C=O) groups excluding carboxylic acids is 1. The highest BCUT2D eigenvalue weighted by atomic mass is 16.6. The summed E-state index contributed by atoms with van der Waals surface area (Å²) in [5.41, 5.74) is 3.59. The second kappa shape index (κ2) is 9.03. The molecule has 1 amide bonds. The zero-order valence-electron chi connectivity index (χ0n) is 18.0. The maximum absolute atomic E-state index is 11.9. The average Bonchev–Trinajstić information content (AvgIpc) is 3.21. The Labute approximate surface area is 181 Å². The monoisotopic (exact) mass is 422 g/mol. The van der Waals surface area contributed by atoms with Crippen LogP contribution in [-0.4, -0.2) is 70.6 Å². The van der Waals surface area contributed by atoms with Gasteiger partial charge in [-0.05, 0) is 44.2 Å². The first-order valence-corrected chi connectivity index (χ1v) is 10.3. The van der Waals surface area contributed by atoms with Gasteiger partial charge < -0.3 is 19.3 Å². The summed E-state index contributed by atoms with van der Waals surface area (Å²) >= 11 is 0. The molecule has 162 valence electrons. The van der Waals surface area contributed by atoms with Crippen LogP contribution in [0, 0.1) is 6.92 Å². The van der Waals surface area contributed by atoms with Crippen molar-refractivity contribution in [1.82, 2.24) is 24.6 Å². The number of hydrogen-bond donors (Lipinski definition) is 0. The Morgan fingerprint density at radius 1 is 1.10 bits per heavy atom. The first-order chi connectivity index (χ1) is 15.1. The molecule has 1 aromatic carbocycles. The maximum atomic E-state index is 11.9. The van der Waals surface area contributed by atoms with E-state index >= 15 is 0 Å². The fourth-order valence-electron chi connectivity index (χ4n) is 3.53. The van der Waals surface area contributed by atoms with Gasteiger partial charge in [0.1, 0.15) is 5.75 Å². The first-order valence-electron chi connectivity index (χ1n) is 10.3. The summed E-state index contributed by atoms with van der Waals surface area (Å²) in [4.78, 5) is 24.9. The highest BCUT2D eigenvalue weighted by Gasteiger charge is 2.23. The van der Waals surface area contributed by atoms with Crippen LogP contribution in [0.4, 0.5) is 10.7 Å². The smallest absolute Gasteiger partial charge is 0.409 e. The highest BCUT2D eigenvalue weighted by Crippen LogP contribution is 2.25. The van der Waals surface area contributed by atoms with Crippen LogP contribution in [0.2, 0.25) is 0 Å². The van der Waals surface area contributed by atoms with Crippen LogP contribution in [0.15, 0.2) is 42.7 Å². The number of carbonyl (C=O) groups is 1. The van der Waals surface area contributed by atoms with E-state index in [1.807, 2.05) is 55.1 Å². The molecule has 0 atom stereocenters. The van der Waals surface area contributed by atoms with Gasteiger partial charge in [0, 0.05) is 44.1 Å². The van der Waals surface area contributed by atoms with Crippen molar-refractivity contribution in [3.05, 3.63) is 48.4 Å². The number of rotatable bonds is 5. The van der Waals surface area contributed by atoms with Crippen LogP contribution in [0.25, 0.3) is 16.9 Å². The maximum Gasteiger partial charge on any atom is 0.409 e. The molecule has 1 aliphatic rings. The van der Waals surface area contributed by atoms with E-state index < -0.39 is 0 Å². The lowest BCUT2D eigenvalue weighted by atomic mass is 10.2. The van der Waals surface area contributed by atoms with Gasteiger partial charge >= 0.3 is 6.09 Å². The molecule has 0 bridgehead atoms. The Balaban J connectivity index is 1.51. The summed E-state index contributed by atoms with van der Waals surface area (Å²) in [6.45, 7) is 6.65.